The molecular weight excluding hydrogens is 405 g/mol. The summed E-state index contributed by atoms with van der Waals surface area (Å²) in [6, 6.07) is 4.76. The fourth-order valence-corrected chi connectivity index (χ4v) is 3.20. The predicted molar refractivity (Wildman–Crippen MR) is 108 cm³/mol. The lowest BCUT2D eigenvalue weighted by Gasteiger charge is -2.17. The maximum Gasteiger partial charge on any atom is 0.322 e. The highest BCUT2D eigenvalue weighted by Crippen LogP contribution is 2.42. The number of aliphatic carboxylic acids is 1. The van der Waals surface area contributed by atoms with E-state index >= 15 is 0 Å². The zero-order chi connectivity index (χ0) is 21.2. The number of ether oxygens (including phenoxy) is 1. The quantitative estimate of drug-likeness (QED) is 0.601. The lowest BCUT2D eigenvalue weighted by Crippen LogP contribution is -2.29. The van der Waals surface area contributed by atoms with Crippen LogP contribution in [0.4, 0.5) is 0 Å². The average Bonchev–Trinajstić information content (AvgIpc) is 2.62. The molecule has 0 saturated heterocycles. The van der Waals surface area contributed by atoms with Gasteiger partial charge in [-0.05, 0) is 49.1 Å². The lowest BCUT2D eigenvalue weighted by atomic mass is 9.99. The normalized spacial score (nSPS) is 10.8. The topological polar surface area (TPSA) is 95.9 Å². The summed E-state index contributed by atoms with van der Waals surface area (Å²) in [5.74, 6) is -0.846. The number of rotatable bonds is 6. The van der Waals surface area contributed by atoms with Crippen LogP contribution in [0.2, 0.25) is 10.0 Å². The molecule has 8 heteroatoms. The summed E-state index contributed by atoms with van der Waals surface area (Å²) in [6.07, 6.45) is 0. The van der Waals surface area contributed by atoms with E-state index in [0.29, 0.717) is 16.9 Å². The smallest absolute Gasteiger partial charge is 0.322 e. The summed E-state index contributed by atoms with van der Waals surface area (Å²) in [6.45, 7) is 6.76. The molecule has 0 radical (unpaired) electrons. The first-order valence-electron chi connectivity index (χ1n) is 8.52. The number of carboxylic acid groups (broad SMARTS) is 1. The van der Waals surface area contributed by atoms with Gasteiger partial charge in [0.1, 0.15) is 18.0 Å². The van der Waals surface area contributed by atoms with Crippen LogP contribution in [0.1, 0.15) is 46.8 Å². The maximum absolute atomic E-state index is 12.2. The van der Waals surface area contributed by atoms with Crippen molar-refractivity contribution >= 4 is 35.1 Å². The van der Waals surface area contributed by atoms with Crippen molar-refractivity contribution < 1.29 is 24.5 Å². The molecule has 0 aliphatic carbocycles. The van der Waals surface area contributed by atoms with E-state index in [1.807, 2.05) is 13.8 Å². The molecule has 0 atom stereocenters. The van der Waals surface area contributed by atoms with Crippen molar-refractivity contribution in [3.05, 3.63) is 50.5 Å². The van der Waals surface area contributed by atoms with Crippen LogP contribution in [-0.2, 0) is 4.79 Å². The molecule has 0 spiro atoms. The highest BCUT2D eigenvalue weighted by atomic mass is 35.5. The zero-order valence-electron chi connectivity index (χ0n) is 15.9. The number of phenolic OH excluding ortho intramolecular Hbond substituents is 1. The van der Waals surface area contributed by atoms with Crippen molar-refractivity contribution in [2.75, 3.05) is 6.54 Å². The Morgan fingerprint density at radius 3 is 2.39 bits per heavy atom. The first-order chi connectivity index (χ1) is 13.0. The van der Waals surface area contributed by atoms with Gasteiger partial charge in [-0.25, -0.2) is 0 Å². The van der Waals surface area contributed by atoms with Crippen LogP contribution in [0, 0.1) is 13.8 Å². The Morgan fingerprint density at radius 2 is 1.82 bits per heavy atom. The van der Waals surface area contributed by atoms with Gasteiger partial charge in [0.25, 0.3) is 5.91 Å². The van der Waals surface area contributed by atoms with Crippen molar-refractivity contribution in [1.82, 2.24) is 5.32 Å². The molecule has 3 N–H and O–H groups in total. The second-order valence-electron chi connectivity index (χ2n) is 6.69. The summed E-state index contributed by atoms with van der Waals surface area (Å²) >= 11 is 12.7. The minimum atomic E-state index is -1.16. The minimum Gasteiger partial charge on any atom is -0.507 e. The standard InChI is InChI=1S/C20H21Cl2NO5/c1-9(2)13-6-12(5-10(3)18(13)26)28-19-15(21)7-14(11(4)17(19)22)20(27)23-8-16(24)25/h5-7,9,26H,8H2,1-4H3,(H,23,27)(H,24,25). The Bertz CT molecular complexity index is 941. The maximum atomic E-state index is 12.2. The monoisotopic (exact) mass is 425 g/mol. The Morgan fingerprint density at radius 1 is 1.18 bits per heavy atom. The molecule has 0 aliphatic rings. The van der Waals surface area contributed by atoms with Crippen LogP contribution in [0.3, 0.4) is 0 Å². The highest BCUT2D eigenvalue weighted by Gasteiger charge is 2.20. The molecule has 0 saturated carbocycles. The van der Waals surface area contributed by atoms with Gasteiger partial charge in [-0.3, -0.25) is 9.59 Å². The van der Waals surface area contributed by atoms with Gasteiger partial charge in [0.05, 0.1) is 10.0 Å². The van der Waals surface area contributed by atoms with E-state index in [2.05, 4.69) is 5.32 Å². The number of hydrogen-bond acceptors (Lipinski definition) is 4. The number of carbonyl (C=O) groups excluding carboxylic acids is 1. The van der Waals surface area contributed by atoms with Crippen molar-refractivity contribution in [3.8, 4) is 17.2 Å². The Hall–Kier alpha value is -2.44. The number of nitrogens with one attached hydrogen (secondary N) is 1. The number of aromatic hydroxyl groups is 1. The van der Waals surface area contributed by atoms with Gasteiger partial charge in [0.15, 0.2) is 5.75 Å². The van der Waals surface area contributed by atoms with Crippen molar-refractivity contribution in [2.24, 2.45) is 0 Å². The van der Waals surface area contributed by atoms with Crippen LogP contribution < -0.4 is 10.1 Å². The molecule has 1 amide bonds. The number of carbonyl (C=O) groups is 2. The van der Waals surface area contributed by atoms with Gasteiger partial charge in [0, 0.05) is 11.1 Å². The van der Waals surface area contributed by atoms with Crippen LogP contribution in [0.5, 0.6) is 17.2 Å². The molecule has 150 valence electrons. The van der Waals surface area contributed by atoms with Crippen LogP contribution in [0.25, 0.3) is 0 Å². The lowest BCUT2D eigenvalue weighted by molar-refractivity contribution is -0.135. The fourth-order valence-electron chi connectivity index (χ4n) is 2.66. The third-order valence-corrected chi connectivity index (χ3v) is 4.95. The number of phenols is 1. The van der Waals surface area contributed by atoms with Crippen LogP contribution in [-0.4, -0.2) is 28.6 Å². The van der Waals surface area contributed by atoms with Gasteiger partial charge in [-0.1, -0.05) is 37.0 Å². The third kappa shape index (κ3) is 4.69. The van der Waals surface area contributed by atoms with E-state index in [1.54, 1.807) is 26.0 Å². The zero-order valence-corrected chi connectivity index (χ0v) is 17.4. The third-order valence-electron chi connectivity index (χ3n) is 4.21. The van der Waals surface area contributed by atoms with Crippen molar-refractivity contribution in [1.29, 1.82) is 0 Å². The summed E-state index contributed by atoms with van der Waals surface area (Å²) in [5, 5.41) is 21.4. The van der Waals surface area contributed by atoms with E-state index in [9.17, 15) is 14.7 Å². The number of hydrogen-bond donors (Lipinski definition) is 3. The van der Waals surface area contributed by atoms with Gasteiger partial charge in [0.2, 0.25) is 0 Å². The molecule has 0 fully saturated rings. The Balaban J connectivity index is 2.42. The second kappa shape index (κ2) is 8.71. The van der Waals surface area contributed by atoms with Crippen molar-refractivity contribution in [2.45, 2.75) is 33.6 Å². The number of benzene rings is 2. The highest BCUT2D eigenvalue weighted by molar-refractivity contribution is 6.38. The Labute approximate surface area is 173 Å². The molecule has 0 heterocycles. The van der Waals surface area contributed by atoms with Gasteiger partial charge in [-0.2, -0.15) is 0 Å². The average molecular weight is 426 g/mol. The molecule has 2 aromatic rings. The molecular formula is C20H21Cl2NO5. The van der Waals surface area contributed by atoms with E-state index in [0.717, 1.165) is 5.56 Å². The molecule has 0 unspecified atom stereocenters. The number of amides is 1. The largest absolute Gasteiger partial charge is 0.507 e. The van der Waals surface area contributed by atoms with Crippen LogP contribution >= 0.6 is 23.2 Å². The SMILES string of the molecule is Cc1cc(Oc2c(Cl)cc(C(=O)NCC(=O)O)c(C)c2Cl)cc(C(C)C)c1O. The molecule has 6 nitrogen and oxygen atoms in total. The van der Waals surface area contributed by atoms with E-state index in [-0.39, 0.29) is 33.0 Å². The van der Waals surface area contributed by atoms with Crippen molar-refractivity contribution in [3.63, 3.8) is 0 Å². The molecule has 2 rings (SSSR count). The minimum absolute atomic E-state index is 0.0789. The first-order valence-corrected chi connectivity index (χ1v) is 9.28. The number of carboxylic acids is 1. The fraction of sp³-hybridized carbons (Fsp3) is 0.300. The predicted octanol–water partition coefficient (Wildman–Crippen LogP) is 5.05. The van der Waals surface area contributed by atoms with Gasteiger partial charge >= 0.3 is 5.97 Å². The Kier molecular flexibility index (Phi) is 6.80. The molecule has 28 heavy (non-hydrogen) atoms. The number of aryl methyl sites for hydroxylation is 1. The second-order valence-corrected chi connectivity index (χ2v) is 7.47. The summed E-state index contributed by atoms with van der Waals surface area (Å²) in [7, 11) is 0. The summed E-state index contributed by atoms with van der Waals surface area (Å²) in [4.78, 5) is 22.8. The van der Waals surface area contributed by atoms with E-state index < -0.39 is 18.4 Å². The molecule has 0 aromatic heterocycles. The van der Waals surface area contributed by atoms with Gasteiger partial charge < -0.3 is 20.3 Å². The van der Waals surface area contributed by atoms with Crippen LogP contribution in [0.15, 0.2) is 18.2 Å². The molecule has 2 aromatic carbocycles. The van der Waals surface area contributed by atoms with Gasteiger partial charge in [-0.15, -0.1) is 0 Å². The molecule has 0 aliphatic heterocycles. The first kappa shape index (κ1) is 21.9. The molecule has 0 bridgehead atoms. The van der Waals surface area contributed by atoms with E-state index in [1.165, 1.54) is 6.07 Å². The summed E-state index contributed by atoms with van der Waals surface area (Å²) < 4.78 is 5.88. The van der Waals surface area contributed by atoms with E-state index in [4.69, 9.17) is 33.0 Å². The number of halogens is 2. The summed E-state index contributed by atoms with van der Waals surface area (Å²) in [5.41, 5.74) is 1.94.